The predicted molar refractivity (Wildman–Crippen MR) is 83.9 cm³/mol. The van der Waals surface area contributed by atoms with Crippen LogP contribution in [0.4, 0.5) is 17.6 Å². The molecule has 0 N–H and O–H groups in total. The summed E-state index contributed by atoms with van der Waals surface area (Å²) in [6, 6.07) is 6.60. The van der Waals surface area contributed by atoms with Crippen LogP contribution in [0.1, 0.15) is 5.56 Å². The van der Waals surface area contributed by atoms with E-state index in [1.807, 2.05) is 0 Å². The van der Waals surface area contributed by atoms with E-state index in [4.69, 9.17) is 16.1 Å². The summed E-state index contributed by atoms with van der Waals surface area (Å²) >= 11 is 5.89. The van der Waals surface area contributed by atoms with Gasteiger partial charge in [-0.15, -0.1) is 0 Å². The molecule has 0 saturated heterocycles. The molecule has 3 heterocycles. The lowest BCUT2D eigenvalue weighted by atomic mass is 10.2. The van der Waals surface area contributed by atoms with Gasteiger partial charge in [-0.1, -0.05) is 28.9 Å². The monoisotopic (exact) mass is 382 g/mol. The lowest BCUT2D eigenvalue weighted by Crippen LogP contribution is -2.06. The maximum absolute atomic E-state index is 13.8. The Hall–Kier alpha value is -2.94. The van der Waals surface area contributed by atoms with Crippen LogP contribution in [0.25, 0.3) is 28.6 Å². The van der Waals surface area contributed by atoms with Gasteiger partial charge in [0.25, 0.3) is 5.89 Å². The summed E-state index contributed by atoms with van der Waals surface area (Å²) < 4.78 is 58.6. The third-order valence-corrected chi connectivity index (χ3v) is 3.87. The quantitative estimate of drug-likeness (QED) is 0.464. The van der Waals surface area contributed by atoms with Crippen molar-refractivity contribution in [1.82, 2.24) is 19.5 Å². The van der Waals surface area contributed by atoms with Crippen molar-refractivity contribution >= 4 is 17.2 Å². The Morgan fingerprint density at radius 1 is 1.08 bits per heavy atom. The Labute approximate surface area is 147 Å². The Balaban J connectivity index is 1.79. The molecule has 4 aromatic rings. The van der Waals surface area contributed by atoms with E-state index in [2.05, 4.69) is 15.1 Å². The largest absolute Gasteiger partial charge is 0.417 e. The van der Waals surface area contributed by atoms with Crippen LogP contribution in [0.15, 0.2) is 47.2 Å². The van der Waals surface area contributed by atoms with Crippen molar-refractivity contribution in [3.8, 4) is 23.0 Å². The number of pyridine rings is 1. The molecule has 0 saturated carbocycles. The standard InChI is InChI=1S/C16H7ClF4N4O/c17-10-5-8(16(19,20)21)6-25-7-12(22-14(10)25)13-23-15(26-24-13)9-3-1-2-4-11(9)18/h1-7H. The van der Waals surface area contributed by atoms with Crippen LogP contribution >= 0.6 is 11.6 Å². The van der Waals surface area contributed by atoms with Crippen molar-refractivity contribution < 1.29 is 22.1 Å². The van der Waals surface area contributed by atoms with Crippen molar-refractivity contribution in [3.63, 3.8) is 0 Å². The Morgan fingerprint density at radius 3 is 2.58 bits per heavy atom. The first-order valence-electron chi connectivity index (χ1n) is 7.17. The second kappa shape index (κ2) is 5.80. The predicted octanol–water partition coefficient (Wildman–Crippen LogP) is 4.86. The number of fused-ring (bicyclic) bond motifs is 1. The summed E-state index contributed by atoms with van der Waals surface area (Å²) in [5.74, 6) is -0.621. The highest BCUT2D eigenvalue weighted by Crippen LogP contribution is 2.33. The number of alkyl halides is 3. The van der Waals surface area contributed by atoms with Crippen LogP contribution in [0.3, 0.4) is 0 Å². The molecular formula is C16H7ClF4N4O. The van der Waals surface area contributed by atoms with Gasteiger partial charge >= 0.3 is 6.18 Å². The molecule has 1 aromatic carbocycles. The zero-order chi connectivity index (χ0) is 18.5. The second-order valence-corrected chi connectivity index (χ2v) is 5.74. The summed E-state index contributed by atoms with van der Waals surface area (Å²) in [5.41, 5.74) is -0.573. The van der Waals surface area contributed by atoms with E-state index in [9.17, 15) is 17.6 Å². The van der Waals surface area contributed by atoms with Crippen molar-refractivity contribution in [2.75, 3.05) is 0 Å². The molecule has 0 atom stereocenters. The smallest absolute Gasteiger partial charge is 0.333 e. The second-order valence-electron chi connectivity index (χ2n) is 5.33. The molecular weight excluding hydrogens is 376 g/mol. The summed E-state index contributed by atoms with van der Waals surface area (Å²) in [5, 5.41) is 3.53. The van der Waals surface area contributed by atoms with Gasteiger partial charge in [0.2, 0.25) is 5.82 Å². The molecule has 26 heavy (non-hydrogen) atoms. The average molecular weight is 383 g/mol. The van der Waals surface area contributed by atoms with E-state index in [-0.39, 0.29) is 33.6 Å². The number of rotatable bonds is 2. The van der Waals surface area contributed by atoms with Crippen LogP contribution in [0.2, 0.25) is 5.02 Å². The van der Waals surface area contributed by atoms with Gasteiger partial charge in [-0.3, -0.25) is 0 Å². The third-order valence-electron chi connectivity index (χ3n) is 3.59. The lowest BCUT2D eigenvalue weighted by Gasteiger charge is -2.07. The Kier molecular flexibility index (Phi) is 3.69. The molecule has 5 nitrogen and oxygen atoms in total. The van der Waals surface area contributed by atoms with Crippen LogP contribution < -0.4 is 0 Å². The number of hydrogen-bond acceptors (Lipinski definition) is 4. The van der Waals surface area contributed by atoms with Gasteiger partial charge in [0, 0.05) is 12.4 Å². The van der Waals surface area contributed by atoms with Crippen molar-refractivity contribution in [2.24, 2.45) is 0 Å². The highest BCUT2D eigenvalue weighted by atomic mass is 35.5. The minimum absolute atomic E-state index is 0.00317. The number of halogens is 5. The fourth-order valence-corrected chi connectivity index (χ4v) is 2.65. The van der Waals surface area contributed by atoms with E-state index in [1.165, 1.54) is 24.4 Å². The molecule has 132 valence electrons. The van der Waals surface area contributed by atoms with Crippen LogP contribution in [0.5, 0.6) is 0 Å². The van der Waals surface area contributed by atoms with Gasteiger partial charge in [0.15, 0.2) is 5.65 Å². The first-order valence-corrected chi connectivity index (χ1v) is 7.55. The Morgan fingerprint density at radius 2 is 1.85 bits per heavy atom. The van der Waals surface area contributed by atoms with Crippen molar-refractivity contribution in [3.05, 3.63) is 59.1 Å². The van der Waals surface area contributed by atoms with Gasteiger partial charge in [-0.05, 0) is 18.2 Å². The van der Waals surface area contributed by atoms with E-state index in [1.54, 1.807) is 6.07 Å². The Bertz CT molecular complexity index is 1120. The van der Waals surface area contributed by atoms with Crippen molar-refractivity contribution in [2.45, 2.75) is 6.18 Å². The van der Waals surface area contributed by atoms with Crippen LogP contribution in [0, 0.1) is 5.82 Å². The van der Waals surface area contributed by atoms with Crippen LogP contribution in [-0.4, -0.2) is 19.5 Å². The fraction of sp³-hybridized carbons (Fsp3) is 0.0625. The molecule has 0 bridgehead atoms. The fourth-order valence-electron chi connectivity index (χ4n) is 2.39. The summed E-state index contributed by atoms with van der Waals surface area (Å²) in [4.78, 5) is 8.17. The zero-order valence-corrected chi connectivity index (χ0v) is 13.4. The molecule has 0 spiro atoms. The molecule has 4 rings (SSSR count). The minimum Gasteiger partial charge on any atom is -0.333 e. The van der Waals surface area contributed by atoms with Crippen molar-refractivity contribution in [1.29, 1.82) is 0 Å². The molecule has 0 aliphatic heterocycles. The third kappa shape index (κ3) is 2.80. The summed E-state index contributed by atoms with van der Waals surface area (Å²) in [6.45, 7) is 0. The van der Waals surface area contributed by atoms with Gasteiger partial charge in [-0.25, -0.2) is 9.37 Å². The molecule has 0 aliphatic rings. The van der Waals surface area contributed by atoms with Crippen LogP contribution in [-0.2, 0) is 6.18 Å². The topological polar surface area (TPSA) is 56.2 Å². The van der Waals surface area contributed by atoms with Gasteiger partial charge < -0.3 is 8.92 Å². The SMILES string of the molecule is Fc1ccccc1-c1nc(-c2cn3cc(C(F)(F)F)cc(Cl)c3n2)no1. The number of nitrogens with zero attached hydrogens (tertiary/aromatic N) is 4. The van der Waals surface area contributed by atoms with E-state index >= 15 is 0 Å². The maximum Gasteiger partial charge on any atom is 0.417 e. The first-order chi connectivity index (χ1) is 12.3. The first kappa shape index (κ1) is 16.5. The number of benzene rings is 1. The van der Waals surface area contributed by atoms with Gasteiger partial charge in [0.05, 0.1) is 16.1 Å². The number of imidazole rings is 1. The summed E-state index contributed by atoms with van der Waals surface area (Å²) in [6.07, 6.45) is -2.41. The normalized spacial score (nSPS) is 12.0. The zero-order valence-electron chi connectivity index (χ0n) is 12.6. The molecule has 0 fully saturated rings. The molecule has 0 aliphatic carbocycles. The average Bonchev–Trinajstić information content (AvgIpc) is 3.21. The number of hydrogen-bond donors (Lipinski definition) is 0. The highest BCUT2D eigenvalue weighted by Gasteiger charge is 2.32. The minimum atomic E-state index is -4.55. The lowest BCUT2D eigenvalue weighted by molar-refractivity contribution is -0.137. The summed E-state index contributed by atoms with van der Waals surface area (Å²) in [7, 11) is 0. The van der Waals surface area contributed by atoms with E-state index in [0.717, 1.165) is 16.7 Å². The highest BCUT2D eigenvalue weighted by molar-refractivity contribution is 6.33. The molecule has 0 unspecified atom stereocenters. The maximum atomic E-state index is 13.8. The molecule has 0 radical (unpaired) electrons. The molecule has 10 heteroatoms. The molecule has 0 amide bonds. The number of aromatic nitrogens is 4. The van der Waals surface area contributed by atoms with Gasteiger partial charge in [0.1, 0.15) is 11.5 Å². The van der Waals surface area contributed by atoms with E-state index in [0.29, 0.717) is 0 Å². The molecule has 3 aromatic heterocycles. The van der Waals surface area contributed by atoms with Gasteiger partial charge in [-0.2, -0.15) is 18.2 Å². The van der Waals surface area contributed by atoms with E-state index < -0.39 is 17.6 Å².